The van der Waals surface area contributed by atoms with E-state index in [2.05, 4.69) is 125 Å². The molecule has 6 aromatic carbocycles. The standard InChI is InChI=1S/C39H36.2CH3.Hf/c1-25-11-7-15-33(27(25)3)35-17-9-13-29-21-31(23-37(29)35)39(19-5-6-20-39)32-22-30-14-10-18-36(38(30)24-32)34-16-8-12-26(2)28(34)4;;;/h7-18,21-24H,5-6,19-20H2,1-4H3;2*1H3;/q-2;2*-1;+4. The van der Waals surface area contributed by atoms with E-state index in [9.17, 15) is 0 Å². The first-order valence-corrected chi connectivity index (χ1v) is 14.5. The third-order valence-corrected chi connectivity index (χ3v) is 9.85. The average molecular weight is 713 g/mol. The van der Waals surface area contributed by atoms with Crippen LogP contribution < -0.4 is 0 Å². The molecule has 0 atom stereocenters. The van der Waals surface area contributed by atoms with Crippen LogP contribution >= 0.6 is 0 Å². The molecule has 1 aliphatic carbocycles. The molecule has 1 heteroatoms. The molecule has 0 spiro atoms. The van der Waals surface area contributed by atoms with Crippen molar-refractivity contribution >= 4 is 21.5 Å². The molecule has 0 heterocycles. The van der Waals surface area contributed by atoms with Gasteiger partial charge in [-0.1, -0.05) is 72.5 Å². The molecule has 0 radical (unpaired) electrons. The molecule has 0 aliphatic heterocycles. The van der Waals surface area contributed by atoms with Gasteiger partial charge < -0.3 is 14.9 Å². The molecule has 1 saturated carbocycles. The molecular formula is C41H42Hf. The summed E-state index contributed by atoms with van der Waals surface area (Å²) in [6.07, 6.45) is 5.02. The molecule has 42 heavy (non-hydrogen) atoms. The van der Waals surface area contributed by atoms with Crippen LogP contribution in [-0.4, -0.2) is 0 Å². The van der Waals surface area contributed by atoms with Crippen molar-refractivity contribution in [3.63, 3.8) is 0 Å². The monoisotopic (exact) mass is 714 g/mol. The summed E-state index contributed by atoms with van der Waals surface area (Å²) in [5.41, 5.74) is 14.0. The van der Waals surface area contributed by atoms with Crippen LogP contribution in [-0.2, 0) is 31.3 Å². The number of hydrogen-bond acceptors (Lipinski definition) is 0. The Bertz CT molecular complexity index is 1720. The van der Waals surface area contributed by atoms with Crippen LogP contribution in [0.1, 0.15) is 59.1 Å². The van der Waals surface area contributed by atoms with Gasteiger partial charge in [-0.15, -0.1) is 69.1 Å². The topological polar surface area (TPSA) is 0 Å². The smallest absolute Gasteiger partial charge is 0.358 e. The van der Waals surface area contributed by atoms with Crippen molar-refractivity contribution in [3.8, 4) is 22.3 Å². The van der Waals surface area contributed by atoms with Gasteiger partial charge in [0.25, 0.3) is 0 Å². The van der Waals surface area contributed by atoms with Gasteiger partial charge in [0.2, 0.25) is 0 Å². The molecule has 0 aromatic heterocycles. The summed E-state index contributed by atoms with van der Waals surface area (Å²) in [6.45, 7) is 8.95. The molecule has 0 N–H and O–H groups in total. The van der Waals surface area contributed by atoms with E-state index in [-0.39, 0.29) is 46.1 Å². The minimum atomic E-state index is 0. The molecule has 1 aliphatic rings. The molecule has 210 valence electrons. The van der Waals surface area contributed by atoms with E-state index in [1.165, 1.54) is 103 Å². The van der Waals surface area contributed by atoms with Crippen molar-refractivity contribution in [1.29, 1.82) is 0 Å². The van der Waals surface area contributed by atoms with Crippen LogP contribution in [0.3, 0.4) is 0 Å². The van der Waals surface area contributed by atoms with Gasteiger partial charge >= 0.3 is 25.8 Å². The average Bonchev–Trinajstić information content (AvgIpc) is 3.70. The van der Waals surface area contributed by atoms with Crippen molar-refractivity contribution in [1.82, 2.24) is 0 Å². The van der Waals surface area contributed by atoms with E-state index in [4.69, 9.17) is 0 Å². The summed E-state index contributed by atoms with van der Waals surface area (Å²) in [7, 11) is 0. The largest absolute Gasteiger partial charge is 4.00 e. The molecule has 0 saturated heterocycles. The second-order valence-corrected chi connectivity index (χ2v) is 11.9. The fourth-order valence-corrected chi connectivity index (χ4v) is 7.30. The summed E-state index contributed by atoms with van der Waals surface area (Å²) < 4.78 is 0. The maximum atomic E-state index is 2.53. The van der Waals surface area contributed by atoms with Crippen LogP contribution in [0.25, 0.3) is 43.8 Å². The number of rotatable bonds is 4. The van der Waals surface area contributed by atoms with Crippen LogP contribution in [0.4, 0.5) is 0 Å². The summed E-state index contributed by atoms with van der Waals surface area (Å²) >= 11 is 0. The molecule has 0 amide bonds. The first kappa shape index (κ1) is 31.9. The van der Waals surface area contributed by atoms with Crippen LogP contribution in [0, 0.1) is 42.5 Å². The Hall–Kier alpha value is -3.03. The zero-order valence-corrected chi connectivity index (χ0v) is 29.7. The number of benzene rings is 4. The summed E-state index contributed by atoms with van der Waals surface area (Å²) in [5.74, 6) is 0. The molecule has 7 rings (SSSR count). The van der Waals surface area contributed by atoms with Crippen molar-refractivity contribution in [2.24, 2.45) is 0 Å². The van der Waals surface area contributed by atoms with E-state index < -0.39 is 0 Å². The summed E-state index contributed by atoms with van der Waals surface area (Å²) in [5, 5.41) is 5.50. The van der Waals surface area contributed by atoms with E-state index in [0.29, 0.717) is 0 Å². The maximum Gasteiger partial charge on any atom is 4.00 e. The molecule has 6 aromatic rings. The van der Waals surface area contributed by atoms with Crippen molar-refractivity contribution in [2.45, 2.75) is 58.8 Å². The van der Waals surface area contributed by atoms with E-state index in [0.717, 1.165) is 0 Å². The summed E-state index contributed by atoms with van der Waals surface area (Å²) in [6, 6.07) is 37.1. The predicted molar refractivity (Wildman–Crippen MR) is 181 cm³/mol. The van der Waals surface area contributed by atoms with E-state index in [1.54, 1.807) is 0 Å². The molecule has 0 unspecified atom stereocenters. The van der Waals surface area contributed by atoms with Crippen molar-refractivity contribution in [2.75, 3.05) is 0 Å². The fraction of sp³-hybridized carbons (Fsp3) is 0.220. The quantitative estimate of drug-likeness (QED) is 0.126. The normalized spacial score (nSPS) is 13.9. The Balaban J connectivity index is 0.00000135. The minimum absolute atomic E-state index is 0. The Labute approximate surface area is 272 Å². The SMILES string of the molecule is Cc1cccc(-c2cccc3[cH-]c(C4(c5cc6c(-c7cccc(C)c7C)cccc6[cH-]5)CCCC4)cc23)c1C.[CH3-].[CH3-].[Hf+4]. The summed E-state index contributed by atoms with van der Waals surface area (Å²) in [4.78, 5) is 0. The van der Waals surface area contributed by atoms with Gasteiger partial charge in [-0.2, -0.15) is 12.1 Å². The van der Waals surface area contributed by atoms with Crippen molar-refractivity contribution < 1.29 is 25.8 Å². The van der Waals surface area contributed by atoms with Gasteiger partial charge in [0.05, 0.1) is 0 Å². The van der Waals surface area contributed by atoms with Gasteiger partial charge in [0.15, 0.2) is 0 Å². The minimum Gasteiger partial charge on any atom is -0.358 e. The van der Waals surface area contributed by atoms with Gasteiger partial charge in [0.1, 0.15) is 0 Å². The molecule has 1 fully saturated rings. The molecule has 0 bridgehead atoms. The van der Waals surface area contributed by atoms with Gasteiger partial charge in [-0.3, -0.25) is 0 Å². The van der Waals surface area contributed by atoms with Gasteiger partial charge in [-0.25, -0.2) is 0 Å². The van der Waals surface area contributed by atoms with E-state index in [1.807, 2.05) is 0 Å². The molecular weight excluding hydrogens is 671 g/mol. The van der Waals surface area contributed by atoms with E-state index >= 15 is 0 Å². The van der Waals surface area contributed by atoms with Gasteiger partial charge in [0, 0.05) is 0 Å². The van der Waals surface area contributed by atoms with Crippen molar-refractivity contribution in [3.05, 3.63) is 145 Å². The van der Waals surface area contributed by atoms with Gasteiger partial charge in [-0.05, 0) is 79.3 Å². The first-order chi connectivity index (χ1) is 19.0. The maximum absolute atomic E-state index is 2.53. The zero-order chi connectivity index (χ0) is 26.7. The molecule has 0 nitrogen and oxygen atoms in total. The Morgan fingerprint density at radius 2 is 0.905 bits per heavy atom. The fourth-order valence-electron chi connectivity index (χ4n) is 7.30. The Morgan fingerprint density at radius 3 is 1.33 bits per heavy atom. The third kappa shape index (κ3) is 4.98. The number of hydrogen-bond donors (Lipinski definition) is 0. The second kappa shape index (κ2) is 12.3. The zero-order valence-electron chi connectivity index (χ0n) is 26.1. The van der Waals surface area contributed by atoms with Crippen LogP contribution in [0.15, 0.2) is 97.1 Å². The number of aryl methyl sites for hydroxylation is 2. The Morgan fingerprint density at radius 1 is 0.524 bits per heavy atom. The first-order valence-electron chi connectivity index (χ1n) is 14.5. The third-order valence-electron chi connectivity index (χ3n) is 9.85. The van der Waals surface area contributed by atoms with Crippen LogP contribution in [0.5, 0.6) is 0 Å². The second-order valence-electron chi connectivity index (χ2n) is 11.9. The predicted octanol–water partition coefficient (Wildman–Crippen LogP) is 11.8. The Kier molecular flexibility index (Phi) is 9.34. The number of fused-ring (bicyclic) bond motifs is 2. The van der Waals surface area contributed by atoms with Crippen LogP contribution in [0.2, 0.25) is 0 Å².